The van der Waals surface area contributed by atoms with Crippen molar-refractivity contribution in [2.45, 2.75) is 72.8 Å². The molecule has 0 aromatic heterocycles. The Kier molecular flexibility index (Phi) is 6.81. The van der Waals surface area contributed by atoms with Gasteiger partial charge in [-0.2, -0.15) is 0 Å². The smallest absolute Gasteiger partial charge is 0.222 e. The largest absolute Gasteiger partial charge is 0.341 e. The van der Waals surface area contributed by atoms with Gasteiger partial charge < -0.3 is 4.90 Å². The van der Waals surface area contributed by atoms with Crippen LogP contribution in [0.4, 0.5) is 0 Å². The summed E-state index contributed by atoms with van der Waals surface area (Å²) in [6.07, 6.45) is 3.90. The van der Waals surface area contributed by atoms with Crippen LogP contribution in [0.2, 0.25) is 0 Å². The van der Waals surface area contributed by atoms with Gasteiger partial charge in [0.05, 0.1) is 0 Å². The van der Waals surface area contributed by atoms with E-state index in [1.165, 1.54) is 0 Å². The van der Waals surface area contributed by atoms with Crippen molar-refractivity contribution in [3.8, 4) is 0 Å². The summed E-state index contributed by atoms with van der Waals surface area (Å²) in [6, 6.07) is 0. The van der Waals surface area contributed by atoms with Gasteiger partial charge in [-0.3, -0.25) is 4.79 Å². The van der Waals surface area contributed by atoms with Crippen molar-refractivity contribution >= 4 is 5.91 Å². The predicted molar refractivity (Wildman–Crippen MR) is 75.0 cm³/mol. The second kappa shape index (κ2) is 7.03. The van der Waals surface area contributed by atoms with E-state index in [0.717, 1.165) is 19.3 Å². The van der Waals surface area contributed by atoms with Crippen molar-refractivity contribution in [1.29, 1.82) is 0 Å². The van der Waals surface area contributed by atoms with Crippen LogP contribution in [0.5, 0.6) is 0 Å². The average Bonchev–Trinajstić information content (AvgIpc) is 2.13. The Morgan fingerprint density at radius 1 is 1.12 bits per heavy atom. The molecule has 0 radical (unpaired) electrons. The molecule has 0 N–H and O–H groups in total. The van der Waals surface area contributed by atoms with E-state index in [2.05, 4.69) is 41.5 Å². The monoisotopic (exact) mass is 241 g/mol. The van der Waals surface area contributed by atoms with E-state index >= 15 is 0 Å². The molecule has 0 saturated carbocycles. The first-order chi connectivity index (χ1) is 7.66. The molecule has 102 valence electrons. The summed E-state index contributed by atoms with van der Waals surface area (Å²) in [5, 5.41) is 0. The minimum absolute atomic E-state index is 0.0247. The first-order valence-corrected chi connectivity index (χ1v) is 6.93. The molecule has 0 bridgehead atoms. The number of nitrogens with zero attached hydrogens (tertiary/aromatic N) is 1. The second-order valence-electron chi connectivity index (χ2n) is 6.65. The summed E-state index contributed by atoms with van der Waals surface area (Å²) in [5.41, 5.74) is -0.0247. The van der Waals surface area contributed by atoms with Crippen molar-refractivity contribution in [3.05, 3.63) is 0 Å². The Bertz CT molecular complexity index is 231. The van der Waals surface area contributed by atoms with E-state index in [4.69, 9.17) is 0 Å². The van der Waals surface area contributed by atoms with E-state index in [9.17, 15) is 4.79 Å². The Balaban J connectivity index is 4.19. The molecule has 0 fully saturated rings. The van der Waals surface area contributed by atoms with E-state index in [-0.39, 0.29) is 11.4 Å². The van der Waals surface area contributed by atoms with E-state index in [1.54, 1.807) is 0 Å². The normalized spacial score (nSPS) is 12.3. The molecule has 1 amide bonds. The molecule has 0 aliphatic rings. The highest BCUT2D eigenvalue weighted by Crippen LogP contribution is 2.23. The first-order valence-electron chi connectivity index (χ1n) is 6.93. The van der Waals surface area contributed by atoms with Crippen LogP contribution in [0.25, 0.3) is 0 Å². The van der Waals surface area contributed by atoms with Gasteiger partial charge in [-0.25, -0.2) is 0 Å². The maximum absolute atomic E-state index is 12.1. The molecule has 0 rings (SSSR count). The fraction of sp³-hybridized carbons (Fsp3) is 0.933. The van der Waals surface area contributed by atoms with Gasteiger partial charge in [0, 0.05) is 19.0 Å². The molecule has 0 aliphatic carbocycles. The molecule has 0 heterocycles. The lowest BCUT2D eigenvalue weighted by molar-refractivity contribution is -0.135. The van der Waals surface area contributed by atoms with E-state index < -0.39 is 0 Å². The van der Waals surface area contributed by atoms with Gasteiger partial charge in [0.15, 0.2) is 0 Å². The SMILES string of the molecule is CC(C)CCCC(=O)N(C)C(C)(C)CC(C)C. The van der Waals surface area contributed by atoms with Crippen LogP contribution in [-0.4, -0.2) is 23.4 Å². The van der Waals surface area contributed by atoms with Crippen LogP contribution in [-0.2, 0) is 4.79 Å². The van der Waals surface area contributed by atoms with Gasteiger partial charge in [0.2, 0.25) is 5.91 Å². The number of carbonyl (C=O) groups is 1. The van der Waals surface area contributed by atoms with Gasteiger partial charge in [0.25, 0.3) is 0 Å². The summed E-state index contributed by atoms with van der Waals surface area (Å²) in [5.74, 6) is 1.60. The highest BCUT2D eigenvalue weighted by molar-refractivity contribution is 5.76. The molecule has 2 heteroatoms. The van der Waals surface area contributed by atoms with Crippen molar-refractivity contribution < 1.29 is 4.79 Å². The third kappa shape index (κ3) is 6.70. The zero-order chi connectivity index (χ0) is 13.6. The number of carbonyl (C=O) groups excluding carboxylic acids is 1. The lowest BCUT2D eigenvalue weighted by Gasteiger charge is -2.37. The average molecular weight is 241 g/mol. The van der Waals surface area contributed by atoms with E-state index in [0.29, 0.717) is 18.3 Å². The summed E-state index contributed by atoms with van der Waals surface area (Å²) < 4.78 is 0. The lowest BCUT2D eigenvalue weighted by atomic mass is 9.91. The number of hydrogen-bond donors (Lipinski definition) is 0. The Morgan fingerprint density at radius 3 is 2.06 bits per heavy atom. The minimum atomic E-state index is -0.0247. The molecular weight excluding hydrogens is 210 g/mol. The Hall–Kier alpha value is -0.530. The van der Waals surface area contributed by atoms with Gasteiger partial charge in [-0.1, -0.05) is 34.1 Å². The minimum Gasteiger partial charge on any atom is -0.341 e. The van der Waals surface area contributed by atoms with Crippen molar-refractivity contribution in [3.63, 3.8) is 0 Å². The predicted octanol–water partition coefficient (Wildman–Crippen LogP) is 4.10. The fourth-order valence-corrected chi connectivity index (χ4v) is 2.30. The van der Waals surface area contributed by atoms with Gasteiger partial charge in [-0.05, 0) is 38.5 Å². The zero-order valence-corrected chi connectivity index (χ0v) is 12.8. The quantitative estimate of drug-likeness (QED) is 0.657. The Morgan fingerprint density at radius 2 is 1.65 bits per heavy atom. The van der Waals surface area contributed by atoms with Gasteiger partial charge in [0.1, 0.15) is 0 Å². The lowest BCUT2D eigenvalue weighted by Crippen LogP contribution is -2.45. The molecule has 0 saturated heterocycles. The fourth-order valence-electron chi connectivity index (χ4n) is 2.30. The highest BCUT2D eigenvalue weighted by Gasteiger charge is 2.27. The summed E-state index contributed by atoms with van der Waals surface area (Å²) in [6.45, 7) is 13.1. The standard InChI is InChI=1S/C15H31NO/c1-12(2)9-8-10-14(17)16(7)15(5,6)11-13(3)4/h12-13H,8-11H2,1-7H3. The van der Waals surface area contributed by atoms with Crippen LogP contribution >= 0.6 is 0 Å². The van der Waals surface area contributed by atoms with Crippen LogP contribution in [0.15, 0.2) is 0 Å². The van der Waals surface area contributed by atoms with Crippen LogP contribution in [0.1, 0.15) is 67.2 Å². The van der Waals surface area contributed by atoms with Crippen molar-refractivity contribution in [2.24, 2.45) is 11.8 Å². The summed E-state index contributed by atoms with van der Waals surface area (Å²) >= 11 is 0. The first kappa shape index (κ1) is 16.5. The second-order valence-corrected chi connectivity index (χ2v) is 6.65. The van der Waals surface area contributed by atoms with Gasteiger partial charge in [-0.15, -0.1) is 0 Å². The molecule has 17 heavy (non-hydrogen) atoms. The molecule has 0 atom stereocenters. The third-order valence-corrected chi connectivity index (χ3v) is 3.36. The van der Waals surface area contributed by atoms with Crippen molar-refractivity contribution in [2.75, 3.05) is 7.05 Å². The molecule has 2 nitrogen and oxygen atoms in total. The molecule has 0 aromatic rings. The summed E-state index contributed by atoms with van der Waals surface area (Å²) in [4.78, 5) is 14.0. The number of rotatable bonds is 7. The van der Waals surface area contributed by atoms with Crippen LogP contribution in [0, 0.1) is 11.8 Å². The molecule has 0 aliphatic heterocycles. The van der Waals surface area contributed by atoms with Crippen LogP contribution in [0.3, 0.4) is 0 Å². The van der Waals surface area contributed by atoms with E-state index in [1.807, 2.05) is 11.9 Å². The molecule has 0 aromatic carbocycles. The molecule has 0 spiro atoms. The maximum atomic E-state index is 12.1. The van der Waals surface area contributed by atoms with Crippen molar-refractivity contribution in [1.82, 2.24) is 4.90 Å². The zero-order valence-electron chi connectivity index (χ0n) is 12.8. The number of amides is 1. The summed E-state index contributed by atoms with van der Waals surface area (Å²) in [7, 11) is 1.94. The topological polar surface area (TPSA) is 20.3 Å². The molecular formula is C15H31NO. The number of hydrogen-bond acceptors (Lipinski definition) is 1. The molecule has 0 unspecified atom stereocenters. The van der Waals surface area contributed by atoms with Crippen LogP contribution < -0.4 is 0 Å². The van der Waals surface area contributed by atoms with Gasteiger partial charge >= 0.3 is 0 Å². The third-order valence-electron chi connectivity index (χ3n) is 3.36. The maximum Gasteiger partial charge on any atom is 0.222 e. The Labute approximate surface area is 108 Å². The highest BCUT2D eigenvalue weighted by atomic mass is 16.2.